The molecular weight excluding hydrogens is 392 g/mol. The van der Waals surface area contributed by atoms with E-state index in [9.17, 15) is 9.59 Å². The highest BCUT2D eigenvalue weighted by Gasteiger charge is 2.26. The van der Waals surface area contributed by atoms with Crippen LogP contribution in [0.3, 0.4) is 0 Å². The molecule has 0 saturated carbocycles. The molecule has 4 nitrogen and oxygen atoms in total. The van der Waals surface area contributed by atoms with Crippen molar-refractivity contribution in [1.29, 1.82) is 0 Å². The van der Waals surface area contributed by atoms with Crippen LogP contribution < -0.4 is 0 Å². The zero-order chi connectivity index (χ0) is 21.3. The molecule has 0 aliphatic carbocycles. The molecule has 3 aromatic rings. The Morgan fingerprint density at radius 3 is 2.17 bits per heavy atom. The van der Waals surface area contributed by atoms with E-state index in [1.165, 1.54) is 0 Å². The van der Waals surface area contributed by atoms with Crippen LogP contribution in [0.15, 0.2) is 78.2 Å². The van der Waals surface area contributed by atoms with E-state index in [0.29, 0.717) is 18.7 Å². The minimum absolute atomic E-state index is 0.0260. The van der Waals surface area contributed by atoms with E-state index in [0.717, 1.165) is 16.9 Å². The van der Waals surface area contributed by atoms with Crippen LogP contribution in [-0.4, -0.2) is 34.2 Å². The number of rotatable bonds is 9. The van der Waals surface area contributed by atoms with Crippen LogP contribution in [0.1, 0.15) is 41.1 Å². The van der Waals surface area contributed by atoms with Crippen molar-refractivity contribution in [3.05, 3.63) is 94.2 Å². The monoisotopic (exact) mass is 420 g/mol. The summed E-state index contributed by atoms with van der Waals surface area (Å²) < 4.78 is 0. The third-order valence-corrected chi connectivity index (χ3v) is 6.07. The lowest BCUT2D eigenvalue weighted by Crippen LogP contribution is -2.46. The zero-order valence-corrected chi connectivity index (χ0v) is 18.3. The Kier molecular flexibility index (Phi) is 7.80. The van der Waals surface area contributed by atoms with Gasteiger partial charge >= 0.3 is 0 Å². The Labute approximate surface area is 182 Å². The second-order valence-electron chi connectivity index (χ2n) is 7.37. The molecule has 156 valence electrons. The van der Waals surface area contributed by atoms with Crippen molar-refractivity contribution in [3.8, 4) is 0 Å². The zero-order valence-electron chi connectivity index (χ0n) is 17.5. The van der Waals surface area contributed by atoms with Gasteiger partial charge in [0.15, 0.2) is 0 Å². The molecule has 2 amide bonds. The summed E-state index contributed by atoms with van der Waals surface area (Å²) in [6, 6.07) is 23.2. The van der Waals surface area contributed by atoms with Gasteiger partial charge in [-0.15, -0.1) is 11.3 Å². The molecule has 0 N–H and O–H groups in total. The maximum atomic E-state index is 13.4. The third kappa shape index (κ3) is 5.80. The fraction of sp³-hybridized carbons (Fsp3) is 0.280. The number of hydrogen-bond acceptors (Lipinski definition) is 3. The summed E-state index contributed by atoms with van der Waals surface area (Å²) in [6.07, 6.45) is 0.787. The summed E-state index contributed by atoms with van der Waals surface area (Å²) in [5, 5.41) is 2.02. The molecule has 1 aromatic heterocycles. The summed E-state index contributed by atoms with van der Waals surface area (Å²) in [6.45, 7) is 5.16. The Bertz CT molecular complexity index is 926. The molecule has 0 fully saturated rings. The van der Waals surface area contributed by atoms with Gasteiger partial charge in [-0.1, -0.05) is 61.5 Å². The summed E-state index contributed by atoms with van der Waals surface area (Å²) in [5.41, 5.74) is 1.69. The smallest absolute Gasteiger partial charge is 0.254 e. The highest BCUT2D eigenvalue weighted by atomic mass is 32.1. The fourth-order valence-electron chi connectivity index (χ4n) is 3.27. The molecule has 3 rings (SSSR count). The van der Waals surface area contributed by atoms with Crippen LogP contribution >= 0.6 is 11.3 Å². The quantitative estimate of drug-likeness (QED) is 0.476. The summed E-state index contributed by atoms with van der Waals surface area (Å²) >= 11 is 1.64. The Morgan fingerprint density at radius 2 is 1.57 bits per heavy atom. The highest BCUT2D eigenvalue weighted by Crippen LogP contribution is 2.17. The van der Waals surface area contributed by atoms with Crippen LogP contribution in [0.4, 0.5) is 0 Å². The average Bonchev–Trinajstić information content (AvgIpc) is 3.30. The van der Waals surface area contributed by atoms with Gasteiger partial charge in [0, 0.05) is 23.0 Å². The molecule has 0 saturated heterocycles. The number of carbonyl (C=O) groups excluding carboxylic acids is 2. The van der Waals surface area contributed by atoms with E-state index in [-0.39, 0.29) is 24.4 Å². The molecule has 0 bridgehead atoms. The predicted molar refractivity (Wildman–Crippen MR) is 122 cm³/mol. The lowest BCUT2D eigenvalue weighted by Gasteiger charge is -2.31. The number of amides is 2. The van der Waals surface area contributed by atoms with Crippen molar-refractivity contribution >= 4 is 23.2 Å². The van der Waals surface area contributed by atoms with Crippen molar-refractivity contribution in [1.82, 2.24) is 9.80 Å². The predicted octanol–water partition coefficient (Wildman–Crippen LogP) is 5.22. The molecule has 0 aliphatic rings. The first-order chi connectivity index (χ1) is 14.6. The molecule has 0 spiro atoms. The first-order valence-electron chi connectivity index (χ1n) is 10.3. The third-order valence-electron chi connectivity index (χ3n) is 5.21. The largest absolute Gasteiger partial charge is 0.332 e. The van der Waals surface area contributed by atoms with Crippen molar-refractivity contribution in [2.24, 2.45) is 0 Å². The van der Waals surface area contributed by atoms with Gasteiger partial charge in [0.05, 0.1) is 6.54 Å². The summed E-state index contributed by atoms with van der Waals surface area (Å²) in [4.78, 5) is 31.2. The van der Waals surface area contributed by atoms with Crippen molar-refractivity contribution in [2.75, 3.05) is 6.54 Å². The second-order valence-corrected chi connectivity index (χ2v) is 8.40. The van der Waals surface area contributed by atoms with E-state index < -0.39 is 0 Å². The Hall–Kier alpha value is -2.92. The van der Waals surface area contributed by atoms with Crippen LogP contribution in [0.2, 0.25) is 0 Å². The Balaban J connectivity index is 1.80. The molecule has 0 aliphatic heterocycles. The fourth-order valence-corrected chi connectivity index (χ4v) is 3.99. The lowest BCUT2D eigenvalue weighted by molar-refractivity contribution is -0.133. The first-order valence-corrected chi connectivity index (χ1v) is 11.2. The standard InChI is InChI=1S/C25H28N2O2S/c1-3-20(2)27(25(29)22-13-8-5-9-14-22)19-24(28)26(18-23-15-10-16-30-23)17-21-11-6-4-7-12-21/h4-16,20H,3,17-19H2,1-2H3/t20-/m1/s1. The van der Waals surface area contributed by atoms with Gasteiger partial charge in [-0.3, -0.25) is 9.59 Å². The van der Waals surface area contributed by atoms with E-state index in [1.54, 1.807) is 28.4 Å². The van der Waals surface area contributed by atoms with Gasteiger partial charge in [0.25, 0.3) is 5.91 Å². The average molecular weight is 421 g/mol. The summed E-state index contributed by atoms with van der Waals surface area (Å²) in [7, 11) is 0. The normalized spacial score (nSPS) is 11.7. The molecule has 1 atom stereocenters. The maximum Gasteiger partial charge on any atom is 0.254 e. The van der Waals surface area contributed by atoms with Gasteiger partial charge in [0.2, 0.25) is 5.91 Å². The van der Waals surface area contributed by atoms with Crippen molar-refractivity contribution in [3.63, 3.8) is 0 Å². The lowest BCUT2D eigenvalue weighted by atomic mass is 10.1. The van der Waals surface area contributed by atoms with Crippen molar-refractivity contribution in [2.45, 2.75) is 39.4 Å². The molecule has 1 heterocycles. The number of nitrogens with zero attached hydrogens (tertiary/aromatic N) is 2. The van der Waals surface area contributed by atoms with Crippen LogP contribution in [0, 0.1) is 0 Å². The van der Waals surface area contributed by atoms with E-state index in [2.05, 4.69) is 0 Å². The van der Waals surface area contributed by atoms with E-state index in [1.807, 2.05) is 84.8 Å². The van der Waals surface area contributed by atoms with E-state index in [4.69, 9.17) is 0 Å². The molecule has 5 heteroatoms. The molecule has 30 heavy (non-hydrogen) atoms. The topological polar surface area (TPSA) is 40.6 Å². The number of thiophene rings is 1. The number of hydrogen-bond donors (Lipinski definition) is 0. The molecule has 0 radical (unpaired) electrons. The van der Waals surface area contributed by atoms with Crippen LogP contribution in [-0.2, 0) is 17.9 Å². The van der Waals surface area contributed by atoms with Gasteiger partial charge in [0.1, 0.15) is 6.54 Å². The first kappa shape index (κ1) is 21.8. The van der Waals surface area contributed by atoms with Gasteiger partial charge < -0.3 is 9.80 Å². The minimum Gasteiger partial charge on any atom is -0.332 e. The van der Waals surface area contributed by atoms with Crippen LogP contribution in [0.5, 0.6) is 0 Å². The molecule has 0 unspecified atom stereocenters. The minimum atomic E-state index is -0.103. The SMILES string of the molecule is CC[C@@H](C)N(CC(=O)N(Cc1ccccc1)Cc1cccs1)C(=O)c1ccccc1. The van der Waals surface area contributed by atoms with Gasteiger partial charge in [-0.25, -0.2) is 0 Å². The van der Waals surface area contributed by atoms with Gasteiger partial charge in [-0.2, -0.15) is 0 Å². The van der Waals surface area contributed by atoms with Crippen molar-refractivity contribution < 1.29 is 9.59 Å². The number of benzene rings is 2. The van der Waals surface area contributed by atoms with E-state index >= 15 is 0 Å². The molecule has 2 aromatic carbocycles. The van der Waals surface area contributed by atoms with Gasteiger partial charge in [-0.05, 0) is 42.5 Å². The Morgan fingerprint density at radius 1 is 0.900 bits per heavy atom. The number of carbonyl (C=O) groups is 2. The second kappa shape index (κ2) is 10.7. The summed E-state index contributed by atoms with van der Waals surface area (Å²) in [5.74, 6) is -0.147. The van der Waals surface area contributed by atoms with Crippen LogP contribution in [0.25, 0.3) is 0 Å². The highest BCUT2D eigenvalue weighted by molar-refractivity contribution is 7.09. The maximum absolute atomic E-state index is 13.4. The molecular formula is C25H28N2O2S.